The zero-order valence-corrected chi connectivity index (χ0v) is 14.5. The topological polar surface area (TPSA) is 52.9 Å². The van der Waals surface area contributed by atoms with Crippen LogP contribution in [0.3, 0.4) is 0 Å². The summed E-state index contributed by atoms with van der Waals surface area (Å²) in [7, 11) is 0. The predicted octanol–water partition coefficient (Wildman–Crippen LogP) is 4.79. The fraction of sp³-hybridized carbons (Fsp3) is 0.600. The maximum absolute atomic E-state index is 12.4. The lowest BCUT2D eigenvalue weighted by Gasteiger charge is -2.37. The maximum atomic E-state index is 12.4. The van der Waals surface area contributed by atoms with E-state index in [4.69, 9.17) is 5.26 Å². The van der Waals surface area contributed by atoms with E-state index in [1.807, 2.05) is 24.3 Å². The smallest absolute Gasteiger partial charge is 0.224 e. The first-order chi connectivity index (χ1) is 11.0. The van der Waals surface area contributed by atoms with E-state index >= 15 is 0 Å². The van der Waals surface area contributed by atoms with Crippen LogP contribution in [0.5, 0.6) is 0 Å². The number of hydrogen-bond donors (Lipinski definition) is 1. The number of nitrogens with one attached hydrogen (secondary N) is 1. The molecule has 1 aromatic rings. The Morgan fingerprint density at radius 2 is 2.00 bits per heavy atom. The first-order valence-corrected chi connectivity index (χ1v) is 8.75. The molecule has 1 amide bonds. The zero-order chi connectivity index (χ0) is 16.8. The molecule has 124 valence electrons. The summed E-state index contributed by atoms with van der Waals surface area (Å²) in [6, 6.07) is 9.70. The molecule has 0 bridgehead atoms. The molecule has 3 nitrogen and oxygen atoms in total. The summed E-state index contributed by atoms with van der Waals surface area (Å²) < 4.78 is 0. The van der Waals surface area contributed by atoms with Crippen LogP contribution >= 0.6 is 0 Å². The highest BCUT2D eigenvalue weighted by atomic mass is 16.1. The molecule has 0 aromatic heterocycles. The third-order valence-electron chi connectivity index (χ3n) is 5.13. The zero-order valence-electron chi connectivity index (χ0n) is 14.5. The summed E-state index contributed by atoms with van der Waals surface area (Å²) in [5.41, 5.74) is 1.80. The minimum Gasteiger partial charge on any atom is -0.326 e. The summed E-state index contributed by atoms with van der Waals surface area (Å²) in [6.45, 7) is 6.86. The quantitative estimate of drug-likeness (QED) is 0.850. The van der Waals surface area contributed by atoms with E-state index in [0.717, 1.165) is 23.6 Å². The molecule has 0 saturated heterocycles. The van der Waals surface area contributed by atoms with Gasteiger partial charge in [-0.25, -0.2) is 0 Å². The molecule has 0 radical (unpaired) electrons. The van der Waals surface area contributed by atoms with Crippen molar-refractivity contribution in [3.05, 3.63) is 29.8 Å². The number of rotatable bonds is 5. The molecule has 0 aliphatic heterocycles. The van der Waals surface area contributed by atoms with Crippen LogP contribution in [0.25, 0.3) is 0 Å². The largest absolute Gasteiger partial charge is 0.326 e. The highest BCUT2D eigenvalue weighted by molar-refractivity contribution is 5.90. The SMILES string of the molecule is CC1CCC(C(C)C)C(CC(=O)Nc2ccc(CC#N)cc2)C1. The van der Waals surface area contributed by atoms with Gasteiger partial charge < -0.3 is 5.32 Å². The van der Waals surface area contributed by atoms with E-state index in [1.54, 1.807) is 0 Å². The molecule has 1 N–H and O–H groups in total. The second kappa shape index (κ2) is 8.15. The average Bonchev–Trinajstić information content (AvgIpc) is 2.49. The molecule has 3 unspecified atom stereocenters. The van der Waals surface area contributed by atoms with E-state index in [2.05, 4.69) is 32.2 Å². The van der Waals surface area contributed by atoms with Crippen molar-refractivity contribution in [1.29, 1.82) is 5.26 Å². The number of benzene rings is 1. The van der Waals surface area contributed by atoms with Crippen LogP contribution in [0, 0.1) is 35.0 Å². The van der Waals surface area contributed by atoms with Crippen molar-refractivity contribution in [1.82, 2.24) is 0 Å². The van der Waals surface area contributed by atoms with E-state index in [-0.39, 0.29) is 5.91 Å². The fourth-order valence-electron chi connectivity index (χ4n) is 3.88. The van der Waals surface area contributed by atoms with Crippen LogP contribution < -0.4 is 5.32 Å². The first kappa shape index (κ1) is 17.5. The molecule has 23 heavy (non-hydrogen) atoms. The number of carbonyl (C=O) groups is 1. The molecular formula is C20H28N2O. The Balaban J connectivity index is 1.93. The van der Waals surface area contributed by atoms with Gasteiger partial charge in [0.05, 0.1) is 12.5 Å². The maximum Gasteiger partial charge on any atom is 0.224 e. The highest BCUT2D eigenvalue weighted by Crippen LogP contribution is 2.39. The van der Waals surface area contributed by atoms with Gasteiger partial charge in [0.1, 0.15) is 0 Å². The van der Waals surface area contributed by atoms with Crippen LogP contribution in [0.4, 0.5) is 5.69 Å². The Morgan fingerprint density at radius 3 is 2.61 bits per heavy atom. The van der Waals surface area contributed by atoms with Crippen molar-refractivity contribution in [3.8, 4) is 6.07 Å². The van der Waals surface area contributed by atoms with Gasteiger partial charge >= 0.3 is 0 Å². The minimum absolute atomic E-state index is 0.114. The van der Waals surface area contributed by atoms with Gasteiger partial charge in [0.15, 0.2) is 0 Å². The summed E-state index contributed by atoms with van der Waals surface area (Å²) in [5.74, 6) is 2.65. The summed E-state index contributed by atoms with van der Waals surface area (Å²) in [4.78, 5) is 12.4. The third kappa shape index (κ3) is 5.10. The number of nitrogens with zero attached hydrogens (tertiary/aromatic N) is 1. The van der Waals surface area contributed by atoms with Gasteiger partial charge in [0.25, 0.3) is 0 Å². The Hall–Kier alpha value is -1.82. The first-order valence-electron chi connectivity index (χ1n) is 8.75. The molecule has 2 rings (SSSR count). The molecule has 1 saturated carbocycles. The monoisotopic (exact) mass is 312 g/mol. The van der Waals surface area contributed by atoms with Crippen molar-refractivity contribution in [2.75, 3.05) is 5.32 Å². The Kier molecular flexibility index (Phi) is 6.21. The van der Waals surface area contributed by atoms with E-state index in [1.165, 1.54) is 12.8 Å². The van der Waals surface area contributed by atoms with E-state index < -0.39 is 0 Å². The number of amides is 1. The Bertz CT molecular complexity index is 556. The van der Waals surface area contributed by atoms with E-state index in [9.17, 15) is 4.79 Å². The van der Waals surface area contributed by atoms with Crippen molar-refractivity contribution in [2.24, 2.45) is 23.7 Å². The molecule has 1 aromatic carbocycles. The number of nitriles is 1. The second-order valence-electron chi connectivity index (χ2n) is 7.37. The molecule has 1 fully saturated rings. The van der Waals surface area contributed by atoms with Crippen molar-refractivity contribution in [3.63, 3.8) is 0 Å². The number of anilines is 1. The lowest BCUT2D eigenvalue weighted by molar-refractivity contribution is -0.118. The van der Waals surface area contributed by atoms with Gasteiger partial charge in [-0.05, 0) is 54.2 Å². The van der Waals surface area contributed by atoms with Gasteiger partial charge in [0, 0.05) is 12.1 Å². The van der Waals surface area contributed by atoms with Crippen LogP contribution in [-0.4, -0.2) is 5.91 Å². The van der Waals surface area contributed by atoms with Crippen LogP contribution in [-0.2, 0) is 11.2 Å². The Morgan fingerprint density at radius 1 is 1.30 bits per heavy atom. The highest BCUT2D eigenvalue weighted by Gasteiger charge is 2.31. The van der Waals surface area contributed by atoms with Crippen LogP contribution in [0.15, 0.2) is 24.3 Å². The van der Waals surface area contributed by atoms with Gasteiger partial charge in [-0.3, -0.25) is 4.79 Å². The van der Waals surface area contributed by atoms with Crippen molar-refractivity contribution < 1.29 is 4.79 Å². The fourth-order valence-corrected chi connectivity index (χ4v) is 3.88. The normalized spacial score (nSPS) is 24.2. The molecule has 1 aliphatic carbocycles. The van der Waals surface area contributed by atoms with Crippen molar-refractivity contribution >= 4 is 11.6 Å². The van der Waals surface area contributed by atoms with Crippen LogP contribution in [0.1, 0.15) is 52.0 Å². The second-order valence-corrected chi connectivity index (χ2v) is 7.37. The molecule has 0 heterocycles. The molecule has 3 atom stereocenters. The summed E-state index contributed by atoms with van der Waals surface area (Å²) in [6.07, 6.45) is 4.73. The molecular weight excluding hydrogens is 284 g/mol. The van der Waals surface area contributed by atoms with Gasteiger partial charge in [-0.15, -0.1) is 0 Å². The van der Waals surface area contributed by atoms with Gasteiger partial charge in [0.2, 0.25) is 5.91 Å². The number of carbonyl (C=O) groups excluding carboxylic acids is 1. The van der Waals surface area contributed by atoms with Crippen molar-refractivity contribution in [2.45, 2.75) is 52.9 Å². The summed E-state index contributed by atoms with van der Waals surface area (Å²) >= 11 is 0. The number of hydrogen-bond acceptors (Lipinski definition) is 2. The minimum atomic E-state index is 0.114. The summed E-state index contributed by atoms with van der Waals surface area (Å²) in [5, 5.41) is 11.7. The lowest BCUT2D eigenvalue weighted by atomic mass is 9.69. The molecule has 0 spiro atoms. The van der Waals surface area contributed by atoms with Gasteiger partial charge in [-0.1, -0.05) is 39.3 Å². The lowest BCUT2D eigenvalue weighted by Crippen LogP contribution is -2.30. The van der Waals surface area contributed by atoms with Crippen LogP contribution in [0.2, 0.25) is 0 Å². The Labute approximate surface area is 140 Å². The van der Waals surface area contributed by atoms with E-state index in [0.29, 0.717) is 30.6 Å². The average molecular weight is 312 g/mol. The standard InChI is InChI=1S/C20H28N2O/c1-14(2)19-9-4-15(3)12-17(19)13-20(23)22-18-7-5-16(6-8-18)10-11-21/h5-8,14-15,17,19H,4,9-10,12-13H2,1-3H3,(H,22,23). The molecule has 1 aliphatic rings. The predicted molar refractivity (Wildman–Crippen MR) is 93.8 cm³/mol. The van der Waals surface area contributed by atoms with Gasteiger partial charge in [-0.2, -0.15) is 5.26 Å². The molecule has 3 heteroatoms. The third-order valence-corrected chi connectivity index (χ3v) is 5.13.